The summed E-state index contributed by atoms with van der Waals surface area (Å²) in [5.41, 5.74) is 0.194. The van der Waals surface area contributed by atoms with Gasteiger partial charge in [0, 0.05) is 5.54 Å². The molecule has 0 aliphatic carbocycles. The third-order valence-corrected chi connectivity index (χ3v) is 2.54. The van der Waals surface area contributed by atoms with Crippen LogP contribution < -0.4 is 5.32 Å². The molecule has 1 heterocycles. The topological polar surface area (TPSA) is 25.2 Å². The summed E-state index contributed by atoms with van der Waals surface area (Å²) in [6, 6.07) is 1.90. The van der Waals surface area contributed by atoms with Gasteiger partial charge in [-0.2, -0.15) is 0 Å². The highest BCUT2D eigenvalue weighted by atomic mass is 79.9. The summed E-state index contributed by atoms with van der Waals surface area (Å²) in [6.45, 7) is 7.48. The van der Waals surface area contributed by atoms with Crippen molar-refractivity contribution < 1.29 is 4.42 Å². The molecule has 84 valence electrons. The van der Waals surface area contributed by atoms with Crippen molar-refractivity contribution in [1.29, 1.82) is 0 Å². The largest absolute Gasteiger partial charge is 0.464 e. The fourth-order valence-corrected chi connectivity index (χ4v) is 1.48. The van der Waals surface area contributed by atoms with Crippen LogP contribution in [0.15, 0.2) is 27.3 Å². The van der Waals surface area contributed by atoms with E-state index >= 15 is 0 Å². The maximum absolute atomic E-state index is 5.26. The van der Waals surface area contributed by atoms with Gasteiger partial charge in [-0.1, -0.05) is 6.08 Å². The average Bonchev–Trinajstić information content (AvgIpc) is 2.49. The van der Waals surface area contributed by atoms with E-state index < -0.39 is 0 Å². The van der Waals surface area contributed by atoms with Crippen molar-refractivity contribution in [2.45, 2.75) is 32.7 Å². The minimum Gasteiger partial charge on any atom is -0.464 e. The number of rotatable bonds is 4. The van der Waals surface area contributed by atoms with Gasteiger partial charge >= 0.3 is 0 Å². The second-order valence-electron chi connectivity index (χ2n) is 4.50. The molecule has 3 heteroatoms. The zero-order chi connectivity index (χ0) is 11.3. The summed E-state index contributed by atoms with van der Waals surface area (Å²) in [5.74, 6) is 0.880. The van der Waals surface area contributed by atoms with Gasteiger partial charge in [0.05, 0.1) is 10.7 Å². The molecular weight excluding hydrogens is 254 g/mol. The van der Waals surface area contributed by atoms with Crippen molar-refractivity contribution in [2.75, 3.05) is 6.54 Å². The molecule has 0 saturated heterocycles. The van der Waals surface area contributed by atoms with Gasteiger partial charge in [-0.05, 0) is 61.8 Å². The fourth-order valence-electron chi connectivity index (χ4n) is 1.15. The van der Waals surface area contributed by atoms with E-state index in [0.29, 0.717) is 0 Å². The molecule has 0 amide bonds. The fraction of sp³-hybridized carbons (Fsp3) is 0.500. The predicted octanol–water partition coefficient (Wildman–Crippen LogP) is 3.83. The minimum atomic E-state index is 0.194. The molecule has 0 atom stereocenters. The quantitative estimate of drug-likeness (QED) is 0.842. The molecule has 0 unspecified atom stereocenters. The maximum Gasteiger partial charge on any atom is 0.140 e. The summed E-state index contributed by atoms with van der Waals surface area (Å²) in [6.07, 6.45) is 6.79. The second kappa shape index (κ2) is 5.52. The van der Waals surface area contributed by atoms with E-state index in [1.165, 1.54) is 0 Å². The van der Waals surface area contributed by atoms with Crippen molar-refractivity contribution in [3.05, 3.63) is 28.6 Å². The molecule has 1 N–H and O–H groups in total. The van der Waals surface area contributed by atoms with Crippen LogP contribution in [-0.4, -0.2) is 12.1 Å². The zero-order valence-electron chi connectivity index (χ0n) is 9.51. The molecule has 0 fully saturated rings. The van der Waals surface area contributed by atoms with Crippen molar-refractivity contribution in [2.24, 2.45) is 0 Å². The number of furan rings is 1. The van der Waals surface area contributed by atoms with E-state index in [-0.39, 0.29) is 5.54 Å². The first kappa shape index (κ1) is 12.5. The number of hydrogen-bond donors (Lipinski definition) is 1. The first-order valence-corrected chi connectivity index (χ1v) is 5.93. The van der Waals surface area contributed by atoms with Gasteiger partial charge in [-0.3, -0.25) is 0 Å². The monoisotopic (exact) mass is 271 g/mol. The molecular formula is C12H18BrNO. The molecule has 0 spiro atoms. The Morgan fingerprint density at radius 3 is 2.73 bits per heavy atom. The number of halogens is 1. The zero-order valence-corrected chi connectivity index (χ0v) is 11.1. The first-order valence-electron chi connectivity index (χ1n) is 5.13. The van der Waals surface area contributed by atoms with E-state index in [1.807, 2.05) is 12.1 Å². The average molecular weight is 272 g/mol. The summed E-state index contributed by atoms with van der Waals surface area (Å²) in [4.78, 5) is 0. The molecule has 1 aromatic rings. The first-order chi connectivity index (χ1) is 6.99. The maximum atomic E-state index is 5.26. The smallest absolute Gasteiger partial charge is 0.140 e. The van der Waals surface area contributed by atoms with Gasteiger partial charge in [-0.15, -0.1) is 0 Å². The highest BCUT2D eigenvalue weighted by molar-refractivity contribution is 9.10. The lowest BCUT2D eigenvalue weighted by molar-refractivity contribution is 0.431. The van der Waals surface area contributed by atoms with Gasteiger partial charge in [-0.25, -0.2) is 0 Å². The Balaban J connectivity index is 2.27. The van der Waals surface area contributed by atoms with Crippen LogP contribution in [0.3, 0.4) is 0 Å². The number of nitrogens with one attached hydrogen (secondary N) is 1. The molecule has 15 heavy (non-hydrogen) atoms. The summed E-state index contributed by atoms with van der Waals surface area (Å²) in [7, 11) is 0. The standard InChI is InChI=1S/C12H18BrNO/c1-12(2,3)14-8-5-4-6-11-10(13)7-9-15-11/h4,6-7,9,14H,5,8H2,1-3H3. The van der Waals surface area contributed by atoms with Crippen molar-refractivity contribution in [3.8, 4) is 0 Å². The lowest BCUT2D eigenvalue weighted by atomic mass is 10.1. The Morgan fingerprint density at radius 2 is 2.20 bits per heavy atom. The van der Waals surface area contributed by atoms with Crippen LogP contribution in [-0.2, 0) is 0 Å². The number of hydrogen-bond acceptors (Lipinski definition) is 2. The molecule has 0 aliphatic rings. The van der Waals surface area contributed by atoms with Crippen LogP contribution >= 0.6 is 15.9 Å². The van der Waals surface area contributed by atoms with Crippen molar-refractivity contribution in [1.82, 2.24) is 5.32 Å². The van der Waals surface area contributed by atoms with E-state index in [4.69, 9.17) is 4.42 Å². The molecule has 1 rings (SSSR count). The Labute approximate surface area is 99.9 Å². The lowest BCUT2D eigenvalue weighted by Gasteiger charge is -2.19. The highest BCUT2D eigenvalue weighted by Gasteiger charge is 2.06. The molecule has 0 bridgehead atoms. The Bertz CT molecular complexity index is 323. The van der Waals surface area contributed by atoms with E-state index in [0.717, 1.165) is 23.2 Å². The van der Waals surface area contributed by atoms with Crippen molar-refractivity contribution >= 4 is 22.0 Å². The van der Waals surface area contributed by atoms with Crippen LogP contribution in [0.25, 0.3) is 6.08 Å². The minimum absolute atomic E-state index is 0.194. The van der Waals surface area contributed by atoms with Crippen LogP contribution in [0.2, 0.25) is 0 Å². The third kappa shape index (κ3) is 5.19. The Morgan fingerprint density at radius 1 is 1.47 bits per heavy atom. The predicted molar refractivity (Wildman–Crippen MR) is 67.8 cm³/mol. The van der Waals surface area contributed by atoms with Gasteiger partial charge in [0.25, 0.3) is 0 Å². The molecule has 0 aromatic carbocycles. The highest BCUT2D eigenvalue weighted by Crippen LogP contribution is 2.18. The summed E-state index contributed by atoms with van der Waals surface area (Å²) < 4.78 is 6.26. The Kier molecular flexibility index (Phi) is 4.61. The lowest BCUT2D eigenvalue weighted by Crippen LogP contribution is -2.36. The van der Waals surface area contributed by atoms with Gasteiger partial charge in [0.2, 0.25) is 0 Å². The van der Waals surface area contributed by atoms with Crippen LogP contribution in [0.4, 0.5) is 0 Å². The van der Waals surface area contributed by atoms with Crippen LogP contribution in [0, 0.1) is 0 Å². The molecule has 0 saturated carbocycles. The van der Waals surface area contributed by atoms with E-state index in [1.54, 1.807) is 6.26 Å². The molecule has 1 aromatic heterocycles. The van der Waals surface area contributed by atoms with Crippen LogP contribution in [0.1, 0.15) is 33.0 Å². The summed E-state index contributed by atoms with van der Waals surface area (Å²) in [5, 5.41) is 3.42. The second-order valence-corrected chi connectivity index (χ2v) is 5.35. The van der Waals surface area contributed by atoms with Gasteiger partial charge in [0.1, 0.15) is 5.76 Å². The third-order valence-electron chi connectivity index (χ3n) is 1.88. The van der Waals surface area contributed by atoms with Gasteiger partial charge < -0.3 is 9.73 Å². The van der Waals surface area contributed by atoms with Crippen molar-refractivity contribution in [3.63, 3.8) is 0 Å². The SMILES string of the molecule is CC(C)(C)NCCC=Cc1occc1Br. The van der Waals surface area contributed by atoms with Crippen LogP contribution in [0.5, 0.6) is 0 Å². The molecule has 2 nitrogen and oxygen atoms in total. The van der Waals surface area contributed by atoms with E-state index in [2.05, 4.69) is 48.1 Å². The normalized spacial score (nSPS) is 12.5. The molecule has 0 aliphatic heterocycles. The van der Waals surface area contributed by atoms with E-state index in [9.17, 15) is 0 Å². The Hall–Kier alpha value is -0.540. The summed E-state index contributed by atoms with van der Waals surface area (Å²) >= 11 is 3.41. The van der Waals surface area contributed by atoms with Gasteiger partial charge in [0.15, 0.2) is 0 Å². The molecule has 0 radical (unpaired) electrons.